The van der Waals surface area contributed by atoms with Gasteiger partial charge in [0.05, 0.1) is 0 Å². The highest BCUT2D eigenvalue weighted by molar-refractivity contribution is 7.80. The SMILES string of the molecule is S=C(NCCCCCNC(=S)NCc1ccccc1)NCc1ccccc1. The van der Waals surface area contributed by atoms with Crippen molar-refractivity contribution in [1.82, 2.24) is 21.3 Å². The molecule has 0 unspecified atom stereocenters. The van der Waals surface area contributed by atoms with Gasteiger partial charge in [0.15, 0.2) is 10.2 Å². The number of unbranched alkanes of at least 4 members (excludes halogenated alkanes) is 2. The van der Waals surface area contributed by atoms with E-state index in [9.17, 15) is 0 Å². The first-order valence-electron chi connectivity index (χ1n) is 9.35. The summed E-state index contributed by atoms with van der Waals surface area (Å²) in [5.74, 6) is 0. The van der Waals surface area contributed by atoms with E-state index in [0.29, 0.717) is 10.2 Å². The molecule has 0 bridgehead atoms. The van der Waals surface area contributed by atoms with Gasteiger partial charge in [0.25, 0.3) is 0 Å². The molecular formula is C21H28N4S2. The maximum Gasteiger partial charge on any atom is 0.166 e. The second kappa shape index (κ2) is 13.1. The maximum atomic E-state index is 5.30. The van der Waals surface area contributed by atoms with Gasteiger partial charge in [-0.15, -0.1) is 0 Å². The average molecular weight is 401 g/mol. The van der Waals surface area contributed by atoms with Crippen molar-refractivity contribution in [2.75, 3.05) is 13.1 Å². The summed E-state index contributed by atoms with van der Waals surface area (Å²) >= 11 is 10.6. The molecule has 0 aliphatic carbocycles. The zero-order valence-electron chi connectivity index (χ0n) is 15.5. The molecule has 0 atom stereocenters. The summed E-state index contributed by atoms with van der Waals surface area (Å²) in [5, 5.41) is 14.4. The van der Waals surface area contributed by atoms with Gasteiger partial charge in [-0.25, -0.2) is 0 Å². The van der Waals surface area contributed by atoms with Crippen LogP contribution in [-0.4, -0.2) is 23.3 Å². The van der Waals surface area contributed by atoms with Gasteiger partial charge in [-0.1, -0.05) is 60.7 Å². The fourth-order valence-corrected chi connectivity index (χ4v) is 2.86. The Kier molecular flexibility index (Phi) is 10.2. The van der Waals surface area contributed by atoms with Gasteiger partial charge in [-0.05, 0) is 54.8 Å². The van der Waals surface area contributed by atoms with E-state index in [4.69, 9.17) is 24.4 Å². The van der Waals surface area contributed by atoms with Crippen LogP contribution in [0.25, 0.3) is 0 Å². The highest BCUT2D eigenvalue weighted by Gasteiger charge is 1.98. The Balaban J connectivity index is 1.41. The Morgan fingerprint density at radius 1 is 0.556 bits per heavy atom. The fourth-order valence-electron chi connectivity index (χ4n) is 2.51. The summed E-state index contributed by atoms with van der Waals surface area (Å²) in [6.45, 7) is 3.28. The molecule has 0 heterocycles. The molecule has 0 aliphatic rings. The van der Waals surface area contributed by atoms with Crippen LogP contribution in [-0.2, 0) is 13.1 Å². The van der Waals surface area contributed by atoms with Crippen molar-refractivity contribution in [2.24, 2.45) is 0 Å². The van der Waals surface area contributed by atoms with Gasteiger partial charge >= 0.3 is 0 Å². The topological polar surface area (TPSA) is 48.1 Å². The molecule has 144 valence electrons. The summed E-state index contributed by atoms with van der Waals surface area (Å²) in [6.07, 6.45) is 3.29. The van der Waals surface area contributed by atoms with Gasteiger partial charge in [0.1, 0.15) is 0 Å². The summed E-state index contributed by atoms with van der Waals surface area (Å²) in [4.78, 5) is 0. The van der Waals surface area contributed by atoms with Crippen LogP contribution in [0.4, 0.5) is 0 Å². The first-order chi connectivity index (χ1) is 13.2. The lowest BCUT2D eigenvalue weighted by atomic mass is 10.2. The summed E-state index contributed by atoms with van der Waals surface area (Å²) in [7, 11) is 0. The van der Waals surface area contributed by atoms with Crippen LogP contribution < -0.4 is 21.3 Å². The molecule has 0 radical (unpaired) electrons. The largest absolute Gasteiger partial charge is 0.363 e. The monoisotopic (exact) mass is 400 g/mol. The summed E-state index contributed by atoms with van der Waals surface area (Å²) in [6, 6.07) is 20.5. The number of hydrogen-bond donors (Lipinski definition) is 4. The maximum absolute atomic E-state index is 5.30. The fraction of sp³-hybridized carbons (Fsp3) is 0.333. The van der Waals surface area contributed by atoms with Gasteiger partial charge < -0.3 is 21.3 Å². The molecule has 0 saturated carbocycles. The lowest BCUT2D eigenvalue weighted by molar-refractivity contribution is 0.645. The normalized spacial score (nSPS) is 10.1. The molecular weight excluding hydrogens is 372 g/mol. The Hall–Kier alpha value is -2.18. The Labute approximate surface area is 173 Å². The van der Waals surface area contributed by atoms with E-state index in [1.807, 2.05) is 36.4 Å². The second-order valence-corrected chi connectivity index (χ2v) is 7.07. The van der Waals surface area contributed by atoms with Crippen LogP contribution in [0.5, 0.6) is 0 Å². The van der Waals surface area contributed by atoms with Crippen molar-refractivity contribution < 1.29 is 0 Å². The minimum Gasteiger partial charge on any atom is -0.363 e. The molecule has 0 amide bonds. The van der Waals surface area contributed by atoms with Gasteiger partial charge in [0.2, 0.25) is 0 Å². The van der Waals surface area contributed by atoms with E-state index in [1.165, 1.54) is 11.1 Å². The standard InChI is InChI=1S/C21H28N4S2/c26-20(24-16-18-10-4-1-5-11-18)22-14-8-3-9-15-23-21(27)25-17-19-12-6-2-7-13-19/h1-2,4-7,10-13H,3,8-9,14-17H2,(H2,22,24,26)(H2,23,25,27). The van der Waals surface area contributed by atoms with Crippen molar-refractivity contribution in [3.8, 4) is 0 Å². The van der Waals surface area contributed by atoms with Crippen molar-refractivity contribution in [3.05, 3.63) is 71.8 Å². The van der Waals surface area contributed by atoms with Crippen LogP contribution in [0.3, 0.4) is 0 Å². The molecule has 2 rings (SSSR count). The van der Waals surface area contributed by atoms with Crippen LogP contribution >= 0.6 is 24.4 Å². The van der Waals surface area contributed by atoms with Crippen molar-refractivity contribution in [2.45, 2.75) is 32.4 Å². The quantitative estimate of drug-likeness (QED) is 0.362. The molecule has 0 fully saturated rings. The van der Waals surface area contributed by atoms with Crippen LogP contribution in [0.1, 0.15) is 30.4 Å². The highest BCUT2D eigenvalue weighted by Crippen LogP contribution is 1.98. The van der Waals surface area contributed by atoms with Gasteiger partial charge in [-0.2, -0.15) is 0 Å². The minimum atomic E-state index is 0.711. The molecule has 6 heteroatoms. The Morgan fingerprint density at radius 2 is 0.963 bits per heavy atom. The van der Waals surface area contributed by atoms with E-state index in [-0.39, 0.29) is 0 Å². The predicted molar refractivity (Wildman–Crippen MR) is 122 cm³/mol. The number of nitrogens with one attached hydrogen (secondary N) is 4. The number of rotatable bonds is 10. The molecule has 0 aliphatic heterocycles. The van der Waals surface area contributed by atoms with E-state index in [0.717, 1.165) is 45.4 Å². The zero-order valence-corrected chi connectivity index (χ0v) is 17.2. The number of thiocarbonyl (C=S) groups is 2. The summed E-state index contributed by atoms with van der Waals surface area (Å²) in [5.41, 5.74) is 2.45. The third kappa shape index (κ3) is 9.92. The van der Waals surface area contributed by atoms with Gasteiger partial charge in [0, 0.05) is 26.2 Å². The Bertz CT molecular complexity index is 618. The van der Waals surface area contributed by atoms with Crippen LogP contribution in [0, 0.1) is 0 Å². The van der Waals surface area contributed by atoms with Crippen LogP contribution in [0.2, 0.25) is 0 Å². The molecule has 4 nitrogen and oxygen atoms in total. The van der Waals surface area contributed by atoms with Gasteiger partial charge in [-0.3, -0.25) is 0 Å². The van der Waals surface area contributed by atoms with E-state index in [2.05, 4.69) is 45.5 Å². The molecule has 0 aromatic heterocycles. The van der Waals surface area contributed by atoms with Crippen molar-refractivity contribution >= 4 is 34.7 Å². The molecule has 0 saturated heterocycles. The third-order valence-electron chi connectivity index (χ3n) is 4.02. The van der Waals surface area contributed by atoms with E-state index < -0.39 is 0 Å². The minimum absolute atomic E-state index is 0.711. The third-order valence-corrected chi connectivity index (χ3v) is 4.59. The summed E-state index contributed by atoms with van der Waals surface area (Å²) < 4.78 is 0. The molecule has 4 N–H and O–H groups in total. The number of benzene rings is 2. The smallest absolute Gasteiger partial charge is 0.166 e. The zero-order chi connectivity index (χ0) is 19.2. The van der Waals surface area contributed by atoms with Crippen molar-refractivity contribution in [3.63, 3.8) is 0 Å². The Morgan fingerprint density at radius 3 is 1.37 bits per heavy atom. The average Bonchev–Trinajstić information content (AvgIpc) is 2.71. The molecule has 0 spiro atoms. The lowest BCUT2D eigenvalue weighted by Crippen LogP contribution is -2.36. The van der Waals surface area contributed by atoms with E-state index >= 15 is 0 Å². The van der Waals surface area contributed by atoms with Crippen molar-refractivity contribution in [1.29, 1.82) is 0 Å². The molecule has 2 aromatic carbocycles. The first-order valence-corrected chi connectivity index (χ1v) is 10.2. The van der Waals surface area contributed by atoms with E-state index in [1.54, 1.807) is 0 Å². The number of hydrogen-bond acceptors (Lipinski definition) is 2. The predicted octanol–water partition coefficient (Wildman–Crippen LogP) is 3.49. The van der Waals surface area contributed by atoms with Crippen LogP contribution in [0.15, 0.2) is 60.7 Å². The molecule has 27 heavy (non-hydrogen) atoms. The first kappa shape index (κ1) is 21.1. The lowest BCUT2D eigenvalue weighted by Gasteiger charge is -2.11. The molecule has 2 aromatic rings. The second-order valence-electron chi connectivity index (χ2n) is 6.25. The highest BCUT2D eigenvalue weighted by atomic mass is 32.1.